The second-order valence-corrected chi connectivity index (χ2v) is 4.73. The molecule has 2 atom stereocenters. The Balaban J connectivity index is 1.90. The fourth-order valence-electron chi connectivity index (χ4n) is 2.17. The number of hydrogen-bond donors (Lipinski definition) is 1. The summed E-state index contributed by atoms with van der Waals surface area (Å²) in [6.45, 7) is 2.15. The Bertz CT molecular complexity index is 455. The quantitative estimate of drug-likeness (QED) is 0.872. The fraction of sp³-hybridized carbons (Fsp3) is 0.312. The molecule has 0 radical (unpaired) electrons. The Morgan fingerprint density at radius 2 is 1.78 bits per heavy atom. The molecule has 94 valence electrons. The predicted octanol–water partition coefficient (Wildman–Crippen LogP) is 3.18. The minimum atomic E-state index is -0.338. The van der Waals surface area contributed by atoms with Crippen LogP contribution in [0.4, 0.5) is 0 Å². The number of pyridine rings is 1. The molecule has 1 aromatic carbocycles. The van der Waals surface area contributed by atoms with E-state index >= 15 is 0 Å². The van der Waals surface area contributed by atoms with Crippen molar-refractivity contribution in [1.82, 2.24) is 4.98 Å². The van der Waals surface area contributed by atoms with Crippen LogP contribution in [0.2, 0.25) is 0 Å². The molecule has 2 nitrogen and oxygen atoms in total. The van der Waals surface area contributed by atoms with E-state index in [0.717, 1.165) is 12.1 Å². The lowest BCUT2D eigenvalue weighted by atomic mass is 9.93. The first-order chi connectivity index (χ1) is 8.75. The van der Waals surface area contributed by atoms with Gasteiger partial charge in [0.1, 0.15) is 0 Å². The summed E-state index contributed by atoms with van der Waals surface area (Å²) in [5, 5.41) is 10.1. The Morgan fingerprint density at radius 3 is 2.44 bits per heavy atom. The van der Waals surface area contributed by atoms with Crippen molar-refractivity contribution in [2.45, 2.75) is 31.8 Å². The van der Waals surface area contributed by atoms with Gasteiger partial charge in [0, 0.05) is 18.3 Å². The van der Waals surface area contributed by atoms with Gasteiger partial charge >= 0.3 is 0 Å². The first-order valence-electron chi connectivity index (χ1n) is 6.38. The van der Waals surface area contributed by atoms with Crippen molar-refractivity contribution in [2.75, 3.05) is 0 Å². The van der Waals surface area contributed by atoms with E-state index in [1.54, 1.807) is 6.20 Å². The molecule has 0 aliphatic carbocycles. The van der Waals surface area contributed by atoms with Crippen LogP contribution in [0.15, 0.2) is 54.7 Å². The van der Waals surface area contributed by atoms with Gasteiger partial charge in [0.25, 0.3) is 0 Å². The number of benzene rings is 1. The normalized spacial score (nSPS) is 14.1. The summed E-state index contributed by atoms with van der Waals surface area (Å²) >= 11 is 0. The van der Waals surface area contributed by atoms with Gasteiger partial charge in [-0.05, 0) is 30.0 Å². The van der Waals surface area contributed by atoms with E-state index in [1.807, 2.05) is 36.4 Å². The first kappa shape index (κ1) is 12.8. The SMILES string of the molecule is CC(CC(O)Cc1ccccn1)c1ccccc1. The molecule has 0 aliphatic heterocycles. The van der Waals surface area contributed by atoms with Gasteiger partial charge in [-0.15, -0.1) is 0 Å². The van der Waals surface area contributed by atoms with Crippen LogP contribution >= 0.6 is 0 Å². The molecule has 0 spiro atoms. The average molecular weight is 241 g/mol. The van der Waals surface area contributed by atoms with Crippen LogP contribution in [0.3, 0.4) is 0 Å². The van der Waals surface area contributed by atoms with Crippen molar-refractivity contribution >= 4 is 0 Å². The van der Waals surface area contributed by atoms with Crippen LogP contribution in [0.1, 0.15) is 30.5 Å². The monoisotopic (exact) mass is 241 g/mol. The molecule has 2 unspecified atom stereocenters. The zero-order valence-electron chi connectivity index (χ0n) is 10.7. The van der Waals surface area contributed by atoms with Crippen LogP contribution in [0, 0.1) is 0 Å². The Labute approximate surface area is 108 Å². The molecule has 0 amide bonds. The van der Waals surface area contributed by atoms with E-state index in [0.29, 0.717) is 12.3 Å². The van der Waals surface area contributed by atoms with E-state index < -0.39 is 0 Å². The summed E-state index contributed by atoms with van der Waals surface area (Å²) in [5.74, 6) is 0.366. The lowest BCUT2D eigenvalue weighted by Crippen LogP contribution is -2.14. The van der Waals surface area contributed by atoms with Crippen LogP contribution in [0.5, 0.6) is 0 Å². The second-order valence-electron chi connectivity index (χ2n) is 4.73. The molecule has 18 heavy (non-hydrogen) atoms. The summed E-state index contributed by atoms with van der Waals surface area (Å²) in [6.07, 6.45) is 2.82. The average Bonchev–Trinajstić information content (AvgIpc) is 2.40. The third-order valence-electron chi connectivity index (χ3n) is 3.17. The molecule has 1 aromatic heterocycles. The molecule has 0 saturated carbocycles. The summed E-state index contributed by atoms with van der Waals surface area (Å²) in [4.78, 5) is 4.24. The topological polar surface area (TPSA) is 33.1 Å². The number of aliphatic hydroxyl groups is 1. The van der Waals surface area contributed by atoms with E-state index in [4.69, 9.17) is 0 Å². The van der Waals surface area contributed by atoms with E-state index in [2.05, 4.69) is 24.0 Å². The lowest BCUT2D eigenvalue weighted by Gasteiger charge is -2.16. The van der Waals surface area contributed by atoms with Crippen LogP contribution in [0.25, 0.3) is 0 Å². The number of aromatic nitrogens is 1. The van der Waals surface area contributed by atoms with Crippen molar-refractivity contribution in [2.24, 2.45) is 0 Å². The van der Waals surface area contributed by atoms with Crippen molar-refractivity contribution in [3.8, 4) is 0 Å². The third-order valence-corrected chi connectivity index (χ3v) is 3.17. The zero-order valence-corrected chi connectivity index (χ0v) is 10.7. The Hall–Kier alpha value is -1.67. The largest absolute Gasteiger partial charge is 0.393 e. The molecule has 0 fully saturated rings. The van der Waals surface area contributed by atoms with Crippen molar-refractivity contribution in [3.05, 3.63) is 66.0 Å². The van der Waals surface area contributed by atoms with Crippen molar-refractivity contribution < 1.29 is 5.11 Å². The summed E-state index contributed by atoms with van der Waals surface area (Å²) in [6, 6.07) is 16.1. The van der Waals surface area contributed by atoms with Crippen molar-refractivity contribution in [3.63, 3.8) is 0 Å². The van der Waals surface area contributed by atoms with E-state index in [-0.39, 0.29) is 6.10 Å². The summed E-state index contributed by atoms with van der Waals surface area (Å²) in [5.41, 5.74) is 2.22. The van der Waals surface area contributed by atoms with Gasteiger partial charge in [-0.3, -0.25) is 4.98 Å². The lowest BCUT2D eigenvalue weighted by molar-refractivity contribution is 0.156. The van der Waals surface area contributed by atoms with Gasteiger partial charge in [-0.2, -0.15) is 0 Å². The number of nitrogens with zero attached hydrogens (tertiary/aromatic N) is 1. The minimum absolute atomic E-state index is 0.338. The smallest absolute Gasteiger partial charge is 0.0601 e. The van der Waals surface area contributed by atoms with Crippen LogP contribution < -0.4 is 0 Å². The maximum Gasteiger partial charge on any atom is 0.0601 e. The third kappa shape index (κ3) is 3.67. The molecule has 1 heterocycles. The summed E-state index contributed by atoms with van der Waals surface area (Å²) in [7, 11) is 0. The van der Waals surface area contributed by atoms with Gasteiger partial charge in [0.15, 0.2) is 0 Å². The highest BCUT2D eigenvalue weighted by molar-refractivity contribution is 5.19. The number of rotatable bonds is 5. The molecule has 0 bridgehead atoms. The minimum Gasteiger partial charge on any atom is -0.393 e. The maximum absolute atomic E-state index is 10.1. The molecule has 0 aliphatic rings. The second kappa shape index (κ2) is 6.31. The van der Waals surface area contributed by atoms with Gasteiger partial charge < -0.3 is 5.11 Å². The van der Waals surface area contributed by atoms with Crippen LogP contribution in [-0.2, 0) is 6.42 Å². The van der Waals surface area contributed by atoms with Crippen molar-refractivity contribution in [1.29, 1.82) is 0 Å². The predicted molar refractivity (Wildman–Crippen MR) is 73.4 cm³/mol. The number of hydrogen-bond acceptors (Lipinski definition) is 2. The van der Waals surface area contributed by atoms with Gasteiger partial charge in [0.05, 0.1) is 6.10 Å². The molecule has 1 N–H and O–H groups in total. The van der Waals surface area contributed by atoms with Gasteiger partial charge in [-0.25, -0.2) is 0 Å². The molecule has 2 aromatic rings. The standard InChI is InChI=1S/C16H19NO/c1-13(14-7-3-2-4-8-14)11-16(18)12-15-9-5-6-10-17-15/h2-10,13,16,18H,11-12H2,1H3. The maximum atomic E-state index is 10.1. The molecule has 2 rings (SSSR count). The zero-order chi connectivity index (χ0) is 12.8. The van der Waals surface area contributed by atoms with Gasteiger partial charge in [-0.1, -0.05) is 43.3 Å². The summed E-state index contributed by atoms with van der Waals surface area (Å²) < 4.78 is 0. The first-order valence-corrected chi connectivity index (χ1v) is 6.38. The van der Waals surface area contributed by atoms with E-state index in [9.17, 15) is 5.11 Å². The highest BCUT2D eigenvalue weighted by Gasteiger charge is 2.12. The Kier molecular flexibility index (Phi) is 4.48. The highest BCUT2D eigenvalue weighted by Crippen LogP contribution is 2.21. The highest BCUT2D eigenvalue weighted by atomic mass is 16.3. The van der Waals surface area contributed by atoms with Gasteiger partial charge in [0.2, 0.25) is 0 Å². The molecular formula is C16H19NO. The molecular weight excluding hydrogens is 222 g/mol. The molecule has 2 heteroatoms. The molecule has 0 saturated heterocycles. The van der Waals surface area contributed by atoms with Crippen LogP contribution in [-0.4, -0.2) is 16.2 Å². The fourth-order valence-corrected chi connectivity index (χ4v) is 2.17. The van der Waals surface area contributed by atoms with E-state index in [1.165, 1.54) is 5.56 Å². The Morgan fingerprint density at radius 1 is 1.06 bits per heavy atom. The number of aliphatic hydroxyl groups excluding tert-OH is 1.